The van der Waals surface area contributed by atoms with Gasteiger partial charge in [-0.15, -0.1) is 0 Å². The van der Waals surface area contributed by atoms with Gasteiger partial charge in [-0.25, -0.2) is 14.4 Å². The second-order valence-electron chi connectivity index (χ2n) is 10.7. The lowest BCUT2D eigenvalue weighted by Gasteiger charge is -2.33. The van der Waals surface area contributed by atoms with Crippen molar-refractivity contribution in [3.8, 4) is 5.75 Å². The highest BCUT2D eigenvalue weighted by molar-refractivity contribution is 5.39. The fraction of sp³-hybridized carbons (Fsp3) is 0.556. The fourth-order valence-corrected chi connectivity index (χ4v) is 5.26. The van der Waals surface area contributed by atoms with Gasteiger partial charge in [-0.3, -0.25) is 0 Å². The molecule has 5 rings (SSSR count). The molecule has 0 saturated carbocycles. The van der Waals surface area contributed by atoms with Gasteiger partial charge in [0.15, 0.2) is 11.6 Å². The van der Waals surface area contributed by atoms with Crippen LogP contribution in [0, 0.1) is 18.7 Å². The van der Waals surface area contributed by atoms with Gasteiger partial charge in [0.2, 0.25) is 5.95 Å². The normalized spacial score (nSPS) is 21.6. The summed E-state index contributed by atoms with van der Waals surface area (Å²) in [5, 5.41) is 4.07. The van der Waals surface area contributed by atoms with Crippen molar-refractivity contribution in [3.63, 3.8) is 0 Å². The molecule has 0 amide bonds. The molecule has 10 heteroatoms. The maximum absolute atomic E-state index is 14.5. The number of halogens is 1. The molecular weight excluding hydrogens is 473 g/mol. The van der Waals surface area contributed by atoms with Gasteiger partial charge in [0.25, 0.3) is 0 Å². The average molecular weight is 510 g/mol. The summed E-state index contributed by atoms with van der Waals surface area (Å²) in [6, 6.07) is 5.60. The van der Waals surface area contributed by atoms with Gasteiger partial charge in [-0.2, -0.15) is 4.98 Å². The molecule has 0 bridgehead atoms. The van der Waals surface area contributed by atoms with Gasteiger partial charge >= 0.3 is 6.01 Å². The minimum Gasteiger partial charge on any atom is -0.487 e. The third kappa shape index (κ3) is 5.53. The quantitative estimate of drug-likeness (QED) is 0.505. The smallest absolute Gasteiger partial charge is 0.324 e. The van der Waals surface area contributed by atoms with E-state index in [1.807, 2.05) is 17.9 Å². The van der Waals surface area contributed by atoms with Crippen LogP contribution in [0.25, 0.3) is 0 Å². The lowest BCUT2D eigenvalue weighted by Crippen LogP contribution is -2.38. The molecule has 0 aliphatic carbocycles. The van der Waals surface area contributed by atoms with E-state index in [9.17, 15) is 4.39 Å². The Kier molecular flexibility index (Phi) is 7.28. The number of hydrogen-bond acceptors (Lipinski definition) is 9. The molecule has 37 heavy (non-hydrogen) atoms. The summed E-state index contributed by atoms with van der Waals surface area (Å²) < 4.78 is 26.1. The summed E-state index contributed by atoms with van der Waals surface area (Å²) in [4.78, 5) is 17.8. The third-order valence-corrected chi connectivity index (χ3v) is 7.56. The van der Waals surface area contributed by atoms with Crippen LogP contribution in [0.4, 0.5) is 16.4 Å². The van der Waals surface area contributed by atoms with Crippen molar-refractivity contribution in [2.75, 3.05) is 36.0 Å². The summed E-state index contributed by atoms with van der Waals surface area (Å²) in [5.41, 5.74) is 8.08. The highest BCUT2D eigenvalue weighted by Gasteiger charge is 2.34. The number of rotatable bonds is 7. The second kappa shape index (κ2) is 10.6. The predicted molar refractivity (Wildman–Crippen MR) is 140 cm³/mol. The zero-order chi connectivity index (χ0) is 26.1. The fourth-order valence-electron chi connectivity index (χ4n) is 5.26. The number of nitrogens with two attached hydrogens (primary N) is 1. The van der Waals surface area contributed by atoms with Gasteiger partial charge < -0.3 is 24.8 Å². The Balaban J connectivity index is 1.15. The number of piperidine rings is 1. The van der Waals surface area contributed by atoms with E-state index in [0.717, 1.165) is 37.3 Å². The first-order valence-electron chi connectivity index (χ1n) is 13.1. The molecule has 2 aromatic heterocycles. The van der Waals surface area contributed by atoms with Crippen LogP contribution in [0.5, 0.6) is 5.75 Å². The molecule has 0 spiro atoms. The molecule has 1 aromatic carbocycles. The van der Waals surface area contributed by atoms with Crippen molar-refractivity contribution in [1.29, 1.82) is 0 Å². The number of ether oxygens (including phenoxy) is 1. The van der Waals surface area contributed by atoms with Crippen molar-refractivity contribution >= 4 is 12.0 Å². The van der Waals surface area contributed by atoms with Crippen LogP contribution in [-0.2, 0) is 0 Å². The zero-order valence-electron chi connectivity index (χ0n) is 22.0. The van der Waals surface area contributed by atoms with Gasteiger partial charge in [-0.1, -0.05) is 36.7 Å². The summed E-state index contributed by atoms with van der Waals surface area (Å²) >= 11 is 0. The zero-order valence-corrected chi connectivity index (χ0v) is 22.0. The van der Waals surface area contributed by atoms with E-state index in [0.29, 0.717) is 42.3 Å². The minimum absolute atomic E-state index is 0.0272. The molecule has 2 aliphatic rings. The molecular formula is C27H36FN7O2. The molecule has 3 atom stereocenters. The molecule has 9 nitrogen and oxygen atoms in total. The van der Waals surface area contributed by atoms with Crippen molar-refractivity contribution in [2.24, 2.45) is 11.7 Å². The number of hydrogen-bond donors (Lipinski definition) is 1. The summed E-state index contributed by atoms with van der Waals surface area (Å²) in [7, 11) is 0. The van der Waals surface area contributed by atoms with Crippen molar-refractivity contribution < 1.29 is 13.7 Å². The summed E-state index contributed by atoms with van der Waals surface area (Å²) in [6.07, 6.45) is 5.40. The van der Waals surface area contributed by atoms with E-state index in [2.05, 4.69) is 45.8 Å². The minimum atomic E-state index is -0.213. The lowest BCUT2D eigenvalue weighted by molar-refractivity contribution is 0.131. The predicted octanol–water partition coefficient (Wildman–Crippen LogP) is 4.05. The van der Waals surface area contributed by atoms with Gasteiger partial charge in [-0.05, 0) is 44.2 Å². The number of aryl methyl sites for hydroxylation is 1. The topological polar surface area (TPSA) is 106 Å². The molecule has 0 radical (unpaired) electrons. The maximum atomic E-state index is 14.5. The Morgan fingerprint density at radius 2 is 1.81 bits per heavy atom. The summed E-state index contributed by atoms with van der Waals surface area (Å²) in [5.74, 6) is 2.30. The van der Waals surface area contributed by atoms with Crippen LogP contribution in [0.15, 0.2) is 35.1 Å². The third-order valence-electron chi connectivity index (χ3n) is 7.56. The molecule has 3 unspecified atom stereocenters. The molecule has 198 valence electrons. The Morgan fingerprint density at radius 3 is 2.49 bits per heavy atom. The maximum Gasteiger partial charge on any atom is 0.324 e. The Morgan fingerprint density at radius 1 is 1.08 bits per heavy atom. The first kappa shape index (κ1) is 25.4. The van der Waals surface area contributed by atoms with E-state index in [1.54, 1.807) is 18.5 Å². The van der Waals surface area contributed by atoms with E-state index in [-0.39, 0.29) is 29.8 Å². The standard InChI is InChI=1S/C27H36FN7O2/c1-16(2)25-32-27(37-33-25)34-9-7-19(8-10-34)18(4)36-20-12-30-26(31-13-20)35-14-22(24(29)15-35)21-11-17(3)5-6-23(21)28/h5-6,11-13,16,18-19,22,24H,7-10,14-15,29H2,1-4H3. The Hall–Kier alpha value is -3.27. The molecule has 2 N–H and O–H groups in total. The van der Waals surface area contributed by atoms with Gasteiger partial charge in [0.1, 0.15) is 5.82 Å². The first-order valence-corrected chi connectivity index (χ1v) is 13.1. The number of benzene rings is 1. The van der Waals surface area contributed by atoms with Crippen LogP contribution in [0.1, 0.15) is 62.4 Å². The van der Waals surface area contributed by atoms with Crippen molar-refractivity contribution in [1.82, 2.24) is 20.1 Å². The monoisotopic (exact) mass is 509 g/mol. The Labute approximate surface area is 217 Å². The van der Waals surface area contributed by atoms with E-state index in [4.69, 9.17) is 15.0 Å². The number of aromatic nitrogens is 4. The first-order chi connectivity index (χ1) is 17.8. The lowest BCUT2D eigenvalue weighted by atomic mass is 9.92. The highest BCUT2D eigenvalue weighted by atomic mass is 19.1. The van der Waals surface area contributed by atoms with Crippen LogP contribution in [0.3, 0.4) is 0 Å². The van der Waals surface area contributed by atoms with Crippen molar-refractivity contribution in [2.45, 2.75) is 64.5 Å². The van der Waals surface area contributed by atoms with Gasteiger partial charge in [0, 0.05) is 44.1 Å². The summed E-state index contributed by atoms with van der Waals surface area (Å²) in [6.45, 7) is 11.0. The molecule has 2 fully saturated rings. The molecule has 3 aromatic rings. The van der Waals surface area contributed by atoms with Crippen LogP contribution in [-0.4, -0.2) is 58.4 Å². The average Bonchev–Trinajstić information content (AvgIpc) is 3.54. The molecule has 2 aliphatic heterocycles. The van der Waals surface area contributed by atoms with E-state index >= 15 is 0 Å². The van der Waals surface area contributed by atoms with Crippen LogP contribution < -0.4 is 20.3 Å². The van der Waals surface area contributed by atoms with Crippen LogP contribution >= 0.6 is 0 Å². The van der Waals surface area contributed by atoms with E-state index in [1.165, 1.54) is 6.07 Å². The second-order valence-corrected chi connectivity index (χ2v) is 10.7. The highest BCUT2D eigenvalue weighted by Crippen LogP contribution is 2.32. The van der Waals surface area contributed by atoms with Crippen LogP contribution in [0.2, 0.25) is 0 Å². The SMILES string of the molecule is Cc1ccc(F)c(C2CN(c3ncc(OC(C)C4CCN(c5nc(C(C)C)no5)CC4)cn3)CC2N)c1. The Bertz CT molecular complexity index is 1190. The number of nitrogens with zero attached hydrogens (tertiary/aromatic N) is 6. The molecule has 4 heterocycles. The van der Waals surface area contributed by atoms with Crippen molar-refractivity contribution in [3.05, 3.63) is 53.4 Å². The molecule has 2 saturated heterocycles. The largest absolute Gasteiger partial charge is 0.487 e. The number of anilines is 2. The van der Waals surface area contributed by atoms with E-state index < -0.39 is 0 Å². The van der Waals surface area contributed by atoms with Gasteiger partial charge in [0.05, 0.1) is 18.5 Å².